The van der Waals surface area contributed by atoms with Crippen molar-refractivity contribution in [2.75, 3.05) is 0 Å². The summed E-state index contributed by atoms with van der Waals surface area (Å²) in [6.45, 7) is 4.71. The van der Waals surface area contributed by atoms with Crippen LogP contribution in [0.4, 0.5) is 0 Å². The molecule has 2 unspecified atom stereocenters. The average molecular weight is 671 g/mol. The normalized spacial score (nSPS) is 17.4. The molecule has 10 rings (SSSR count). The summed E-state index contributed by atoms with van der Waals surface area (Å²) in [4.78, 5) is 5.28. The highest BCUT2D eigenvalue weighted by Gasteiger charge is 2.36. The van der Waals surface area contributed by atoms with Crippen molar-refractivity contribution in [2.45, 2.75) is 31.6 Å². The molecule has 0 bridgehead atoms. The van der Waals surface area contributed by atoms with Crippen molar-refractivity contribution < 1.29 is 0 Å². The van der Waals surface area contributed by atoms with Crippen molar-refractivity contribution >= 4 is 27.6 Å². The predicted octanol–water partition coefficient (Wildman–Crippen LogP) is 11.1. The summed E-state index contributed by atoms with van der Waals surface area (Å²) in [5.74, 6) is 0.876. The smallest absolute Gasteiger partial charge is 0.131 e. The van der Waals surface area contributed by atoms with Crippen molar-refractivity contribution in [1.82, 2.24) is 15.2 Å². The number of fused-ring (bicyclic) bond motifs is 6. The first kappa shape index (κ1) is 30.6. The van der Waals surface area contributed by atoms with Gasteiger partial charge in [0.15, 0.2) is 0 Å². The van der Waals surface area contributed by atoms with Crippen LogP contribution < -0.4 is 10.6 Å². The largest absolute Gasteiger partial charge is 0.350 e. The van der Waals surface area contributed by atoms with Crippen LogP contribution in [0.25, 0.3) is 49.7 Å². The van der Waals surface area contributed by atoms with Crippen molar-refractivity contribution in [3.05, 3.63) is 198 Å². The molecule has 2 N–H and O–H groups in total. The van der Waals surface area contributed by atoms with E-state index < -0.39 is 0 Å². The number of nitrogens with zero attached hydrogens (tertiary/aromatic N) is 2. The summed E-state index contributed by atoms with van der Waals surface area (Å²) >= 11 is 0. The van der Waals surface area contributed by atoms with Gasteiger partial charge in [0, 0.05) is 27.4 Å². The summed E-state index contributed by atoms with van der Waals surface area (Å²) in [5, 5.41) is 10.1. The zero-order valence-corrected chi connectivity index (χ0v) is 29.2. The molecular formula is C48H38N4. The number of hydrogen-bond donors (Lipinski definition) is 2. The molecular weight excluding hydrogens is 633 g/mol. The Morgan fingerprint density at radius 2 is 1.21 bits per heavy atom. The van der Waals surface area contributed by atoms with Crippen LogP contribution in [0.5, 0.6) is 0 Å². The van der Waals surface area contributed by atoms with Crippen molar-refractivity contribution in [3.8, 4) is 27.9 Å². The van der Waals surface area contributed by atoms with Crippen LogP contribution in [0.3, 0.4) is 0 Å². The Bertz CT molecular complexity index is 2650. The third kappa shape index (κ3) is 4.90. The molecule has 1 aromatic heterocycles. The van der Waals surface area contributed by atoms with Crippen LogP contribution in [0.15, 0.2) is 175 Å². The number of benzene rings is 7. The second kappa shape index (κ2) is 11.9. The topological polar surface area (TPSA) is 41.4 Å². The van der Waals surface area contributed by atoms with Crippen LogP contribution in [0.2, 0.25) is 0 Å². The maximum atomic E-state index is 5.28. The van der Waals surface area contributed by atoms with E-state index in [1.165, 1.54) is 55.2 Å². The van der Waals surface area contributed by atoms with Gasteiger partial charge in [-0.25, -0.2) is 4.99 Å². The Morgan fingerprint density at radius 1 is 0.519 bits per heavy atom. The first-order valence-corrected chi connectivity index (χ1v) is 18.1. The van der Waals surface area contributed by atoms with Gasteiger partial charge < -0.3 is 9.88 Å². The molecule has 1 aliphatic carbocycles. The fourth-order valence-corrected chi connectivity index (χ4v) is 8.42. The number of nitrogens with one attached hydrogen (secondary N) is 2. The third-order valence-corrected chi connectivity index (χ3v) is 11.1. The molecule has 4 heteroatoms. The fraction of sp³-hybridized carbons (Fsp3) is 0.104. The zero-order valence-electron chi connectivity index (χ0n) is 29.2. The minimum Gasteiger partial charge on any atom is -0.350 e. The lowest BCUT2D eigenvalue weighted by Gasteiger charge is -2.32. The molecule has 1 aliphatic heterocycles. The van der Waals surface area contributed by atoms with Crippen molar-refractivity contribution in [1.29, 1.82) is 0 Å². The lowest BCUT2D eigenvalue weighted by molar-refractivity contribution is 0.409. The van der Waals surface area contributed by atoms with Gasteiger partial charge in [0.2, 0.25) is 0 Å². The van der Waals surface area contributed by atoms with E-state index in [0.717, 1.165) is 28.2 Å². The lowest BCUT2D eigenvalue weighted by Crippen LogP contribution is -2.44. The average Bonchev–Trinajstić information content (AvgIpc) is 3.65. The van der Waals surface area contributed by atoms with Gasteiger partial charge in [-0.05, 0) is 74.8 Å². The van der Waals surface area contributed by atoms with Crippen LogP contribution in [0.1, 0.15) is 54.0 Å². The molecule has 0 amide bonds. The summed E-state index contributed by atoms with van der Waals surface area (Å²) in [6.07, 6.45) is -0.396. The SMILES string of the molecule is CC1(C)c2ccccc2-c2cc3c4ccccc4n(-c4cccc(C5N=C(c6ccccc6)NC(c6ccc(-c7ccccc7)cc6)N5)c4)c3cc21. The van der Waals surface area contributed by atoms with Crippen LogP contribution in [-0.2, 0) is 5.41 Å². The molecule has 0 spiro atoms. The van der Waals surface area contributed by atoms with Crippen LogP contribution >= 0.6 is 0 Å². The minimum atomic E-state index is -0.263. The van der Waals surface area contributed by atoms with Gasteiger partial charge >= 0.3 is 0 Å². The Labute approximate surface area is 304 Å². The van der Waals surface area contributed by atoms with E-state index >= 15 is 0 Å². The Hall–Kier alpha value is -6.23. The zero-order chi connectivity index (χ0) is 34.8. The van der Waals surface area contributed by atoms with Gasteiger partial charge in [0.1, 0.15) is 18.2 Å². The molecule has 52 heavy (non-hydrogen) atoms. The van der Waals surface area contributed by atoms with E-state index in [2.05, 4.69) is 193 Å². The van der Waals surface area contributed by atoms with E-state index in [0.29, 0.717) is 0 Å². The number of hydrogen-bond acceptors (Lipinski definition) is 3. The highest BCUT2D eigenvalue weighted by Crippen LogP contribution is 2.51. The summed E-state index contributed by atoms with van der Waals surface area (Å²) < 4.78 is 2.44. The summed E-state index contributed by atoms with van der Waals surface area (Å²) in [6, 6.07) is 61.3. The quantitative estimate of drug-likeness (QED) is 0.191. The Morgan fingerprint density at radius 3 is 2.02 bits per heavy atom. The molecule has 0 saturated carbocycles. The molecule has 250 valence electrons. The predicted molar refractivity (Wildman–Crippen MR) is 215 cm³/mol. The number of amidine groups is 1. The molecule has 0 radical (unpaired) electrons. The van der Waals surface area contributed by atoms with E-state index in [1.807, 2.05) is 6.07 Å². The molecule has 8 aromatic rings. The monoisotopic (exact) mass is 670 g/mol. The van der Waals surface area contributed by atoms with E-state index in [4.69, 9.17) is 4.99 Å². The standard InChI is InChI=1S/C48H38N4/c1-48(2)41-22-11-9-20-37(41)39-29-40-38-21-10-12-23-43(38)52(44(40)30-42(39)48)36-19-13-18-35(28-36)47-50-45(33-16-7-4-8-17-33)49-46(51-47)34-26-24-32(25-27-34)31-14-5-3-6-15-31/h3-30,46-47,51H,1-2H3,(H,49,50). The van der Waals surface area contributed by atoms with Gasteiger partial charge in [-0.2, -0.15) is 0 Å². The molecule has 7 aromatic carbocycles. The number of para-hydroxylation sites is 1. The number of rotatable bonds is 5. The third-order valence-electron chi connectivity index (χ3n) is 11.1. The van der Waals surface area contributed by atoms with Crippen LogP contribution in [0, 0.1) is 0 Å². The van der Waals surface area contributed by atoms with Gasteiger partial charge in [0.25, 0.3) is 0 Å². The van der Waals surface area contributed by atoms with Crippen LogP contribution in [-0.4, -0.2) is 10.4 Å². The summed E-state index contributed by atoms with van der Waals surface area (Å²) in [7, 11) is 0. The van der Waals surface area contributed by atoms with E-state index in [-0.39, 0.29) is 17.7 Å². The highest BCUT2D eigenvalue weighted by atomic mass is 15.3. The number of aliphatic imine (C=N–C) groups is 1. The van der Waals surface area contributed by atoms with E-state index in [1.54, 1.807) is 0 Å². The van der Waals surface area contributed by atoms with Gasteiger partial charge in [0.05, 0.1) is 11.0 Å². The van der Waals surface area contributed by atoms with Crippen molar-refractivity contribution in [2.24, 2.45) is 4.99 Å². The Kier molecular flexibility index (Phi) is 7.02. The molecule has 0 fully saturated rings. The second-order valence-corrected chi connectivity index (χ2v) is 14.5. The maximum absolute atomic E-state index is 5.28. The van der Waals surface area contributed by atoms with Gasteiger partial charge in [-0.1, -0.05) is 153 Å². The molecule has 2 heterocycles. The van der Waals surface area contributed by atoms with E-state index in [9.17, 15) is 0 Å². The first-order chi connectivity index (χ1) is 25.5. The summed E-state index contributed by atoms with van der Waals surface area (Å²) in [5.41, 5.74) is 14.7. The minimum absolute atomic E-state index is 0.0842. The highest BCUT2D eigenvalue weighted by molar-refractivity contribution is 6.11. The molecule has 2 aliphatic rings. The maximum Gasteiger partial charge on any atom is 0.131 e. The van der Waals surface area contributed by atoms with Crippen molar-refractivity contribution in [3.63, 3.8) is 0 Å². The molecule has 0 saturated heterocycles. The van der Waals surface area contributed by atoms with Gasteiger partial charge in [-0.3, -0.25) is 5.32 Å². The van der Waals surface area contributed by atoms with Gasteiger partial charge in [-0.15, -0.1) is 0 Å². The fourth-order valence-electron chi connectivity index (χ4n) is 8.42. The molecule has 2 atom stereocenters. The number of aromatic nitrogens is 1. The Balaban J connectivity index is 1.08. The second-order valence-electron chi connectivity index (χ2n) is 14.5. The lowest BCUT2D eigenvalue weighted by atomic mass is 9.82. The molecule has 4 nitrogen and oxygen atoms in total. The first-order valence-electron chi connectivity index (χ1n) is 18.1.